The lowest BCUT2D eigenvalue weighted by molar-refractivity contribution is -0.385. The monoisotopic (exact) mass is 410 g/mol. The fraction of sp³-hybridized carbons (Fsp3) is 0.412. The van der Waals surface area contributed by atoms with Gasteiger partial charge in [0.05, 0.1) is 24.2 Å². The molecular weight excluding hydrogens is 392 g/mol. The summed E-state index contributed by atoms with van der Waals surface area (Å²) < 4.78 is 16.5. The molecule has 1 aliphatic rings. The van der Waals surface area contributed by atoms with Crippen LogP contribution in [0.4, 0.5) is 11.5 Å². The van der Waals surface area contributed by atoms with Crippen molar-refractivity contribution in [2.75, 3.05) is 32.8 Å². The van der Waals surface area contributed by atoms with Crippen molar-refractivity contribution in [3.8, 4) is 5.75 Å². The summed E-state index contributed by atoms with van der Waals surface area (Å²) in [4.78, 5) is 10.7. The van der Waals surface area contributed by atoms with Crippen molar-refractivity contribution >= 4 is 23.1 Å². The van der Waals surface area contributed by atoms with Crippen LogP contribution in [0.5, 0.6) is 5.75 Å². The number of methoxy groups -OCH3 is 2. The maximum Gasteiger partial charge on any atom is 0.270 e. The van der Waals surface area contributed by atoms with Crippen molar-refractivity contribution in [2.45, 2.75) is 17.7 Å². The molecule has 28 heavy (non-hydrogen) atoms. The minimum absolute atomic E-state index is 0.0307. The van der Waals surface area contributed by atoms with Crippen LogP contribution in [-0.4, -0.2) is 59.4 Å². The average Bonchev–Trinajstić information content (AvgIpc) is 2.67. The summed E-state index contributed by atoms with van der Waals surface area (Å²) in [6, 6.07) is 6.49. The van der Waals surface area contributed by atoms with E-state index >= 15 is 0 Å². The molecule has 150 valence electrons. The van der Waals surface area contributed by atoms with Gasteiger partial charge in [-0.05, 0) is 18.2 Å². The van der Waals surface area contributed by atoms with E-state index in [1.807, 2.05) is 0 Å². The van der Waals surface area contributed by atoms with E-state index in [0.29, 0.717) is 17.1 Å². The van der Waals surface area contributed by atoms with Gasteiger partial charge in [-0.2, -0.15) is 0 Å². The quantitative estimate of drug-likeness (QED) is 0.519. The first kappa shape index (κ1) is 20.2. The first-order valence-corrected chi connectivity index (χ1v) is 8.67. The second-order valence-electron chi connectivity index (χ2n) is 6.32. The molecular formula is C17H19ClN4O6. The van der Waals surface area contributed by atoms with E-state index in [0.717, 1.165) is 0 Å². The number of hydrogen-bond acceptors (Lipinski definition) is 9. The van der Waals surface area contributed by atoms with E-state index in [9.17, 15) is 15.2 Å². The fourth-order valence-corrected chi connectivity index (χ4v) is 3.31. The molecule has 2 unspecified atom stereocenters. The molecule has 1 aromatic carbocycles. The number of nitrogens with zero attached hydrogens (tertiary/aromatic N) is 3. The van der Waals surface area contributed by atoms with Gasteiger partial charge in [-0.15, -0.1) is 10.2 Å². The topological polar surface area (TPSA) is 129 Å². The Labute approximate surface area is 165 Å². The van der Waals surface area contributed by atoms with Crippen LogP contribution < -0.4 is 10.1 Å². The van der Waals surface area contributed by atoms with Crippen LogP contribution in [0.2, 0.25) is 5.15 Å². The number of anilines is 1. The summed E-state index contributed by atoms with van der Waals surface area (Å²) in [5.41, 5.74) is -0.958. The second-order valence-corrected chi connectivity index (χ2v) is 6.71. The number of aromatic nitrogens is 2. The number of fused-ring (bicyclic) bond motifs is 1. The number of non-ortho nitro benzene ring substituents is 1. The standard InChI is InChI=1S/C17H19ClN4O6/c1-26-8-17(9-27-2)16(23)15(19-14-6-5-13(18)20-21-14)11-7-10(22(24)25)3-4-12(11)28-17/h3-7,15-16,23H,8-9H2,1-2H3,(H,19,21). The van der Waals surface area contributed by atoms with Crippen molar-refractivity contribution in [1.29, 1.82) is 0 Å². The maximum atomic E-state index is 11.2. The number of ether oxygens (including phenoxy) is 3. The van der Waals surface area contributed by atoms with Gasteiger partial charge in [0, 0.05) is 31.9 Å². The first-order chi connectivity index (χ1) is 13.4. The van der Waals surface area contributed by atoms with Gasteiger partial charge in [0.25, 0.3) is 5.69 Å². The van der Waals surface area contributed by atoms with Gasteiger partial charge in [0.1, 0.15) is 17.7 Å². The fourth-order valence-electron chi connectivity index (χ4n) is 3.21. The molecule has 2 heterocycles. The van der Waals surface area contributed by atoms with E-state index in [2.05, 4.69) is 15.5 Å². The van der Waals surface area contributed by atoms with Crippen molar-refractivity contribution in [2.24, 2.45) is 0 Å². The van der Waals surface area contributed by atoms with Crippen molar-refractivity contribution in [3.05, 3.63) is 51.2 Å². The van der Waals surface area contributed by atoms with Crippen LogP contribution in [0.1, 0.15) is 11.6 Å². The number of nitro groups is 1. The van der Waals surface area contributed by atoms with E-state index in [-0.39, 0.29) is 24.1 Å². The lowest BCUT2D eigenvalue weighted by atomic mass is 9.84. The summed E-state index contributed by atoms with van der Waals surface area (Å²) in [6.45, 7) is 0.0613. The van der Waals surface area contributed by atoms with Crippen molar-refractivity contribution < 1.29 is 24.2 Å². The first-order valence-electron chi connectivity index (χ1n) is 8.29. The number of rotatable bonds is 7. The Morgan fingerprint density at radius 2 is 2.00 bits per heavy atom. The van der Waals surface area contributed by atoms with Crippen LogP contribution in [-0.2, 0) is 9.47 Å². The highest BCUT2D eigenvalue weighted by Crippen LogP contribution is 2.43. The van der Waals surface area contributed by atoms with Gasteiger partial charge in [-0.1, -0.05) is 11.6 Å². The highest BCUT2D eigenvalue weighted by molar-refractivity contribution is 6.29. The zero-order valence-corrected chi connectivity index (χ0v) is 15.9. The lowest BCUT2D eigenvalue weighted by Gasteiger charge is -2.45. The molecule has 0 amide bonds. The second kappa shape index (κ2) is 8.23. The number of nitrogens with one attached hydrogen (secondary N) is 1. The number of nitro benzene ring substituents is 1. The van der Waals surface area contributed by atoms with Gasteiger partial charge in [0.2, 0.25) is 0 Å². The van der Waals surface area contributed by atoms with Crippen LogP contribution in [0.3, 0.4) is 0 Å². The molecule has 0 bridgehead atoms. The number of aliphatic hydroxyl groups excluding tert-OH is 1. The Hall–Kier alpha value is -2.53. The number of aliphatic hydroxyl groups is 1. The summed E-state index contributed by atoms with van der Waals surface area (Å²) in [5.74, 6) is 0.695. The molecule has 2 N–H and O–H groups in total. The Balaban J connectivity index is 2.08. The van der Waals surface area contributed by atoms with Crippen LogP contribution >= 0.6 is 11.6 Å². The summed E-state index contributed by atoms with van der Waals surface area (Å²) in [5, 5.41) is 33.3. The molecule has 3 rings (SSSR count). The Morgan fingerprint density at radius 3 is 2.57 bits per heavy atom. The number of hydrogen-bond donors (Lipinski definition) is 2. The molecule has 0 spiro atoms. The SMILES string of the molecule is COCC1(COC)Oc2ccc([N+](=O)[O-])cc2C(Nc2ccc(Cl)nn2)C1O. The third-order valence-corrected chi connectivity index (χ3v) is 4.62. The summed E-state index contributed by atoms with van der Waals surface area (Å²) >= 11 is 5.77. The normalized spacial score (nSPS) is 20.1. The highest BCUT2D eigenvalue weighted by atomic mass is 35.5. The average molecular weight is 411 g/mol. The molecule has 10 nitrogen and oxygen atoms in total. The van der Waals surface area contributed by atoms with Gasteiger partial charge in [0.15, 0.2) is 10.8 Å². The van der Waals surface area contributed by atoms with Crippen LogP contribution in [0.25, 0.3) is 0 Å². The molecule has 2 aromatic rings. The van der Waals surface area contributed by atoms with Gasteiger partial charge >= 0.3 is 0 Å². The Morgan fingerprint density at radius 1 is 1.29 bits per heavy atom. The molecule has 0 fully saturated rings. The van der Waals surface area contributed by atoms with Crippen LogP contribution in [0, 0.1) is 10.1 Å². The minimum atomic E-state index is -1.23. The van der Waals surface area contributed by atoms with E-state index in [4.69, 9.17) is 25.8 Å². The predicted molar refractivity (Wildman–Crippen MR) is 99.6 cm³/mol. The van der Waals surface area contributed by atoms with E-state index in [1.54, 1.807) is 6.07 Å². The number of halogens is 1. The minimum Gasteiger partial charge on any atom is -0.479 e. The predicted octanol–water partition coefficient (Wildman–Crippen LogP) is 1.98. The third kappa shape index (κ3) is 3.85. The molecule has 11 heteroatoms. The molecule has 2 atom stereocenters. The maximum absolute atomic E-state index is 11.2. The molecule has 1 aromatic heterocycles. The molecule has 0 saturated heterocycles. The Kier molecular flexibility index (Phi) is 5.94. The van der Waals surface area contributed by atoms with Crippen molar-refractivity contribution in [3.63, 3.8) is 0 Å². The largest absolute Gasteiger partial charge is 0.479 e. The Bertz CT molecular complexity index is 844. The zero-order chi connectivity index (χ0) is 20.3. The molecule has 0 saturated carbocycles. The molecule has 0 aliphatic carbocycles. The van der Waals surface area contributed by atoms with E-state index in [1.165, 1.54) is 38.5 Å². The van der Waals surface area contributed by atoms with Gasteiger partial charge in [-0.3, -0.25) is 10.1 Å². The van der Waals surface area contributed by atoms with E-state index < -0.39 is 22.7 Å². The summed E-state index contributed by atoms with van der Waals surface area (Å²) in [6.07, 6.45) is -1.18. The highest BCUT2D eigenvalue weighted by Gasteiger charge is 2.50. The third-order valence-electron chi connectivity index (χ3n) is 4.42. The summed E-state index contributed by atoms with van der Waals surface area (Å²) in [7, 11) is 2.96. The van der Waals surface area contributed by atoms with Gasteiger partial charge < -0.3 is 24.6 Å². The smallest absolute Gasteiger partial charge is 0.270 e. The number of benzene rings is 1. The zero-order valence-electron chi connectivity index (χ0n) is 15.2. The molecule has 1 aliphatic heterocycles. The lowest BCUT2D eigenvalue weighted by Crippen LogP contribution is -2.60. The van der Waals surface area contributed by atoms with Gasteiger partial charge in [-0.25, -0.2) is 0 Å². The molecule has 0 radical (unpaired) electrons. The van der Waals surface area contributed by atoms with Crippen molar-refractivity contribution in [1.82, 2.24) is 10.2 Å². The van der Waals surface area contributed by atoms with Crippen LogP contribution in [0.15, 0.2) is 30.3 Å².